The first-order chi connectivity index (χ1) is 11.6. The lowest BCUT2D eigenvalue weighted by Crippen LogP contribution is -2.54. The number of halogens is 2. The Labute approximate surface area is 157 Å². The molecule has 0 spiro atoms. The minimum absolute atomic E-state index is 0.171. The normalized spacial score (nSPS) is 12.0. The van der Waals surface area contributed by atoms with E-state index in [1.807, 2.05) is 13.8 Å². The van der Waals surface area contributed by atoms with E-state index in [1.165, 1.54) is 12.1 Å². The maximum Gasteiger partial charge on any atom is 0.261 e. The highest BCUT2D eigenvalue weighted by atomic mass is 35.5. The zero-order chi connectivity index (χ0) is 19.1. The number of nitrogens with one attached hydrogen (secondary N) is 3. The molecule has 0 heterocycles. The minimum atomic E-state index is -0.835. The molecule has 0 aromatic heterocycles. The predicted molar refractivity (Wildman–Crippen MR) is 98.3 cm³/mol. The fraction of sp³-hybridized carbons (Fsp3) is 0.471. The van der Waals surface area contributed by atoms with Gasteiger partial charge in [0.2, 0.25) is 5.91 Å². The van der Waals surface area contributed by atoms with Crippen molar-refractivity contribution in [3.63, 3.8) is 0 Å². The van der Waals surface area contributed by atoms with Crippen LogP contribution in [0.5, 0.6) is 0 Å². The molecule has 0 saturated heterocycles. The Morgan fingerprint density at radius 3 is 2.20 bits per heavy atom. The third kappa shape index (κ3) is 6.92. The van der Waals surface area contributed by atoms with E-state index >= 15 is 0 Å². The number of carbonyl (C=O) groups excluding carboxylic acids is 3. The number of carbonyl (C=O) groups is 3. The number of hydrazine groups is 1. The standard InChI is InChI=1S/C17H23Cl2N3O3/c1-9(2)7-14(23)21-22-17(25)15(10(3)4)20-16(24)12-6-5-11(18)8-13(12)19/h5-6,8-10,15H,7H2,1-4H3,(H,20,24)(H,21,23)(H,22,25)/t15-/m0/s1. The molecule has 1 aromatic rings. The van der Waals surface area contributed by atoms with Crippen molar-refractivity contribution in [3.05, 3.63) is 33.8 Å². The summed E-state index contributed by atoms with van der Waals surface area (Å²) in [6, 6.07) is 3.64. The van der Waals surface area contributed by atoms with E-state index in [-0.39, 0.29) is 28.3 Å². The van der Waals surface area contributed by atoms with Gasteiger partial charge in [-0.25, -0.2) is 0 Å². The second-order valence-electron chi connectivity index (χ2n) is 6.45. The Balaban J connectivity index is 2.74. The molecule has 0 aliphatic carbocycles. The molecule has 6 nitrogen and oxygen atoms in total. The van der Waals surface area contributed by atoms with Crippen LogP contribution >= 0.6 is 23.2 Å². The lowest BCUT2D eigenvalue weighted by atomic mass is 10.0. The number of benzene rings is 1. The average Bonchev–Trinajstić information content (AvgIpc) is 2.49. The van der Waals surface area contributed by atoms with Gasteiger partial charge < -0.3 is 5.32 Å². The maximum absolute atomic E-state index is 12.4. The summed E-state index contributed by atoms with van der Waals surface area (Å²) in [6.07, 6.45) is 0.291. The van der Waals surface area contributed by atoms with Crippen LogP contribution in [0.3, 0.4) is 0 Å². The minimum Gasteiger partial charge on any atom is -0.340 e. The van der Waals surface area contributed by atoms with Crippen molar-refractivity contribution in [1.82, 2.24) is 16.2 Å². The Kier molecular flexibility index (Phi) is 8.19. The van der Waals surface area contributed by atoms with Crippen LogP contribution in [0.25, 0.3) is 0 Å². The van der Waals surface area contributed by atoms with E-state index in [9.17, 15) is 14.4 Å². The van der Waals surface area contributed by atoms with Gasteiger partial charge in [-0.05, 0) is 30.0 Å². The molecule has 138 valence electrons. The lowest BCUT2D eigenvalue weighted by Gasteiger charge is -2.22. The molecule has 0 fully saturated rings. The van der Waals surface area contributed by atoms with Gasteiger partial charge in [-0.3, -0.25) is 25.2 Å². The van der Waals surface area contributed by atoms with Crippen LogP contribution in [0.4, 0.5) is 0 Å². The topological polar surface area (TPSA) is 87.3 Å². The zero-order valence-corrected chi connectivity index (χ0v) is 16.2. The zero-order valence-electron chi connectivity index (χ0n) is 14.7. The summed E-state index contributed by atoms with van der Waals surface area (Å²) in [7, 11) is 0. The number of rotatable bonds is 6. The molecule has 0 radical (unpaired) electrons. The Bertz CT molecular complexity index is 648. The Hall–Kier alpha value is -1.79. The van der Waals surface area contributed by atoms with Gasteiger partial charge in [0, 0.05) is 11.4 Å². The molecule has 3 N–H and O–H groups in total. The summed E-state index contributed by atoms with van der Waals surface area (Å²) in [5.74, 6) is -1.32. The van der Waals surface area contributed by atoms with Crippen LogP contribution in [0.1, 0.15) is 44.5 Å². The van der Waals surface area contributed by atoms with E-state index in [4.69, 9.17) is 23.2 Å². The predicted octanol–water partition coefficient (Wildman–Crippen LogP) is 2.94. The van der Waals surface area contributed by atoms with Crippen molar-refractivity contribution in [2.45, 2.75) is 40.2 Å². The number of amides is 3. The molecule has 0 bridgehead atoms. The van der Waals surface area contributed by atoms with Crippen molar-refractivity contribution in [2.75, 3.05) is 0 Å². The smallest absolute Gasteiger partial charge is 0.261 e. The first-order valence-electron chi connectivity index (χ1n) is 7.96. The summed E-state index contributed by atoms with van der Waals surface area (Å²) in [5.41, 5.74) is 4.91. The highest BCUT2D eigenvalue weighted by Gasteiger charge is 2.26. The molecule has 0 aliphatic heterocycles. The largest absolute Gasteiger partial charge is 0.340 e. The molecule has 3 amide bonds. The Morgan fingerprint density at radius 2 is 1.68 bits per heavy atom. The molecule has 0 aliphatic rings. The van der Waals surface area contributed by atoms with Crippen molar-refractivity contribution >= 4 is 40.9 Å². The van der Waals surface area contributed by atoms with Crippen LogP contribution in [0, 0.1) is 11.8 Å². The van der Waals surface area contributed by atoms with Crippen molar-refractivity contribution in [3.8, 4) is 0 Å². The van der Waals surface area contributed by atoms with E-state index in [1.54, 1.807) is 19.9 Å². The summed E-state index contributed by atoms with van der Waals surface area (Å²) in [6.45, 7) is 7.36. The van der Waals surface area contributed by atoms with Crippen LogP contribution in [-0.2, 0) is 9.59 Å². The Morgan fingerprint density at radius 1 is 1.04 bits per heavy atom. The van der Waals surface area contributed by atoms with Crippen LogP contribution in [0.15, 0.2) is 18.2 Å². The molecule has 0 saturated carbocycles. The quantitative estimate of drug-likeness (QED) is 0.655. The van der Waals surface area contributed by atoms with Gasteiger partial charge in [0.05, 0.1) is 10.6 Å². The number of hydrogen-bond acceptors (Lipinski definition) is 3. The number of hydrogen-bond donors (Lipinski definition) is 3. The molecule has 1 atom stereocenters. The summed E-state index contributed by atoms with van der Waals surface area (Å²) < 4.78 is 0. The summed E-state index contributed by atoms with van der Waals surface area (Å²) >= 11 is 11.8. The van der Waals surface area contributed by atoms with Crippen LogP contribution in [-0.4, -0.2) is 23.8 Å². The van der Waals surface area contributed by atoms with Crippen molar-refractivity contribution in [2.24, 2.45) is 11.8 Å². The average molecular weight is 388 g/mol. The second-order valence-corrected chi connectivity index (χ2v) is 7.30. The molecule has 25 heavy (non-hydrogen) atoms. The van der Waals surface area contributed by atoms with Gasteiger partial charge in [-0.2, -0.15) is 0 Å². The van der Waals surface area contributed by atoms with Crippen LogP contribution in [0.2, 0.25) is 10.0 Å². The van der Waals surface area contributed by atoms with E-state index in [0.717, 1.165) is 0 Å². The summed E-state index contributed by atoms with van der Waals surface area (Å²) in [5, 5.41) is 3.23. The van der Waals surface area contributed by atoms with Gasteiger partial charge in [-0.1, -0.05) is 50.9 Å². The highest BCUT2D eigenvalue weighted by molar-refractivity contribution is 6.36. The highest BCUT2D eigenvalue weighted by Crippen LogP contribution is 2.21. The van der Waals surface area contributed by atoms with Gasteiger partial charge in [0.1, 0.15) is 6.04 Å². The fourth-order valence-corrected chi connectivity index (χ4v) is 2.55. The summed E-state index contributed by atoms with van der Waals surface area (Å²) in [4.78, 5) is 36.3. The van der Waals surface area contributed by atoms with E-state index in [2.05, 4.69) is 16.2 Å². The fourth-order valence-electron chi connectivity index (χ4n) is 2.06. The van der Waals surface area contributed by atoms with E-state index < -0.39 is 17.9 Å². The molecule has 8 heteroatoms. The van der Waals surface area contributed by atoms with Gasteiger partial charge >= 0.3 is 0 Å². The third-order valence-electron chi connectivity index (χ3n) is 3.33. The monoisotopic (exact) mass is 387 g/mol. The lowest BCUT2D eigenvalue weighted by molar-refractivity contribution is -0.130. The van der Waals surface area contributed by atoms with Crippen molar-refractivity contribution in [1.29, 1.82) is 0 Å². The SMILES string of the molecule is CC(C)CC(=O)NNC(=O)[C@@H](NC(=O)c1ccc(Cl)cc1Cl)C(C)C. The molecule has 1 rings (SSSR count). The molecule has 0 unspecified atom stereocenters. The first kappa shape index (κ1) is 21.3. The second kappa shape index (κ2) is 9.63. The van der Waals surface area contributed by atoms with Gasteiger partial charge in [-0.15, -0.1) is 0 Å². The molecule has 1 aromatic carbocycles. The third-order valence-corrected chi connectivity index (χ3v) is 3.88. The maximum atomic E-state index is 12.4. The van der Waals surface area contributed by atoms with Crippen molar-refractivity contribution < 1.29 is 14.4 Å². The van der Waals surface area contributed by atoms with Gasteiger partial charge in [0.25, 0.3) is 11.8 Å². The van der Waals surface area contributed by atoms with Gasteiger partial charge in [0.15, 0.2) is 0 Å². The molecular weight excluding hydrogens is 365 g/mol. The first-order valence-corrected chi connectivity index (χ1v) is 8.72. The van der Waals surface area contributed by atoms with E-state index in [0.29, 0.717) is 11.4 Å². The van der Waals surface area contributed by atoms with Crippen LogP contribution < -0.4 is 16.2 Å². The molecular formula is C17H23Cl2N3O3.